The predicted molar refractivity (Wildman–Crippen MR) is 49.9 cm³/mol. The number of halogens is 4. The molecule has 0 heterocycles. The zero-order chi connectivity index (χ0) is 9.07. The van der Waals surface area contributed by atoms with E-state index in [1.54, 1.807) is 13.8 Å². The standard InChI is InChI=1S/C5H10F3INP/c1-3-10(4-2)11(9)5(6,7)8/h3-4H2,1-2H3. The molecule has 0 fully saturated rings. The van der Waals surface area contributed by atoms with Crippen LogP contribution in [0.5, 0.6) is 0 Å². The van der Waals surface area contributed by atoms with E-state index in [-0.39, 0.29) is 0 Å². The Labute approximate surface area is 78.6 Å². The van der Waals surface area contributed by atoms with Gasteiger partial charge in [-0.05, 0) is 22.0 Å². The number of rotatable bonds is 3. The van der Waals surface area contributed by atoms with Crippen LogP contribution in [0.4, 0.5) is 13.2 Å². The normalized spacial score (nSPS) is 15.5. The van der Waals surface area contributed by atoms with E-state index in [0.29, 0.717) is 13.1 Å². The summed E-state index contributed by atoms with van der Waals surface area (Å²) in [5, 5.41) is 0. The summed E-state index contributed by atoms with van der Waals surface area (Å²) >= 11 is 1.48. The van der Waals surface area contributed by atoms with Crippen molar-refractivity contribution in [1.82, 2.24) is 4.67 Å². The summed E-state index contributed by atoms with van der Waals surface area (Å²) in [6, 6.07) is 0. The number of hydrogen-bond acceptors (Lipinski definition) is 1. The van der Waals surface area contributed by atoms with Gasteiger partial charge in [0, 0.05) is 13.1 Å². The highest BCUT2D eigenvalue weighted by molar-refractivity contribution is 14.2. The van der Waals surface area contributed by atoms with Crippen molar-refractivity contribution in [2.75, 3.05) is 13.1 Å². The van der Waals surface area contributed by atoms with Crippen LogP contribution in [0.2, 0.25) is 0 Å². The van der Waals surface area contributed by atoms with Crippen molar-refractivity contribution in [3.8, 4) is 0 Å². The van der Waals surface area contributed by atoms with Crippen LogP contribution in [0.15, 0.2) is 0 Å². The number of nitrogens with zero attached hydrogens (tertiary/aromatic N) is 1. The third-order valence-electron chi connectivity index (χ3n) is 1.19. The Morgan fingerprint density at radius 3 is 1.73 bits per heavy atom. The summed E-state index contributed by atoms with van der Waals surface area (Å²) in [6.45, 7) is 4.40. The zero-order valence-corrected chi connectivity index (χ0v) is 9.37. The minimum Gasteiger partial charge on any atom is -0.267 e. The quantitative estimate of drug-likeness (QED) is 0.568. The largest absolute Gasteiger partial charge is 0.428 e. The molecule has 68 valence electrons. The minimum absolute atomic E-state index is 0.463. The van der Waals surface area contributed by atoms with E-state index in [4.69, 9.17) is 0 Å². The second kappa shape index (κ2) is 4.82. The molecular weight excluding hydrogens is 289 g/mol. The minimum atomic E-state index is -4.04. The first-order chi connectivity index (χ1) is 4.93. The fourth-order valence-electron chi connectivity index (χ4n) is 0.632. The van der Waals surface area contributed by atoms with E-state index < -0.39 is 11.6 Å². The molecule has 0 aliphatic heterocycles. The average molecular weight is 299 g/mol. The Morgan fingerprint density at radius 2 is 1.64 bits per heavy atom. The molecule has 6 heteroatoms. The van der Waals surface area contributed by atoms with E-state index >= 15 is 0 Å². The average Bonchev–Trinajstić information content (AvgIpc) is 1.88. The van der Waals surface area contributed by atoms with Gasteiger partial charge in [0.15, 0.2) is 0 Å². The lowest BCUT2D eigenvalue weighted by Gasteiger charge is -2.25. The summed E-state index contributed by atoms with van der Waals surface area (Å²) in [4.78, 5) is 0. The van der Waals surface area contributed by atoms with Crippen molar-refractivity contribution in [1.29, 1.82) is 0 Å². The van der Waals surface area contributed by atoms with Crippen LogP contribution in [0.25, 0.3) is 0 Å². The van der Waals surface area contributed by atoms with Crippen LogP contribution in [0, 0.1) is 0 Å². The van der Waals surface area contributed by atoms with Gasteiger partial charge in [-0.3, -0.25) is 4.67 Å². The molecule has 0 aliphatic rings. The maximum Gasteiger partial charge on any atom is 0.428 e. The highest BCUT2D eigenvalue weighted by Crippen LogP contribution is 2.61. The van der Waals surface area contributed by atoms with E-state index in [2.05, 4.69) is 0 Å². The van der Waals surface area contributed by atoms with Gasteiger partial charge in [0.05, 0.1) is 0 Å². The summed E-state index contributed by atoms with van der Waals surface area (Å²) < 4.78 is 37.6. The van der Waals surface area contributed by atoms with Crippen molar-refractivity contribution in [2.24, 2.45) is 0 Å². The van der Waals surface area contributed by atoms with Crippen molar-refractivity contribution < 1.29 is 13.2 Å². The molecule has 0 aromatic heterocycles. The first-order valence-corrected chi connectivity index (χ1v) is 7.29. The Kier molecular flexibility index (Phi) is 5.22. The molecule has 0 rings (SSSR count). The highest BCUT2D eigenvalue weighted by atomic mass is 127. The molecule has 0 aromatic carbocycles. The van der Waals surface area contributed by atoms with Crippen molar-refractivity contribution in [3.05, 3.63) is 0 Å². The Bertz CT molecular complexity index is 115. The van der Waals surface area contributed by atoms with Crippen LogP contribution in [0.1, 0.15) is 13.8 Å². The third-order valence-corrected chi connectivity index (χ3v) is 6.14. The van der Waals surface area contributed by atoms with Gasteiger partial charge in [0.2, 0.25) is 0 Å². The molecule has 0 N–H and O–H groups in total. The lowest BCUT2D eigenvalue weighted by molar-refractivity contribution is -0.0417. The number of hydrogen-bond donors (Lipinski definition) is 0. The van der Waals surface area contributed by atoms with E-state index in [1.165, 1.54) is 26.7 Å². The third kappa shape index (κ3) is 3.90. The molecule has 0 bridgehead atoms. The second-order valence-electron chi connectivity index (χ2n) is 1.87. The zero-order valence-electron chi connectivity index (χ0n) is 6.32. The second-order valence-corrected chi connectivity index (χ2v) is 6.20. The van der Waals surface area contributed by atoms with E-state index in [1.807, 2.05) is 0 Å². The van der Waals surface area contributed by atoms with Crippen molar-refractivity contribution >= 4 is 27.8 Å². The molecule has 0 radical (unpaired) electrons. The maximum atomic E-state index is 12.1. The molecule has 11 heavy (non-hydrogen) atoms. The van der Waals surface area contributed by atoms with Gasteiger partial charge in [-0.25, -0.2) is 0 Å². The Balaban J connectivity index is 4.09. The molecule has 0 aromatic rings. The molecule has 1 atom stereocenters. The Hall–Kier alpha value is 0.910. The van der Waals surface area contributed by atoms with Crippen molar-refractivity contribution in [2.45, 2.75) is 19.8 Å². The van der Waals surface area contributed by atoms with Crippen LogP contribution in [0.3, 0.4) is 0 Å². The highest BCUT2D eigenvalue weighted by Gasteiger charge is 2.41. The van der Waals surface area contributed by atoms with E-state index in [9.17, 15) is 13.2 Å². The van der Waals surface area contributed by atoms with Crippen molar-refractivity contribution in [3.63, 3.8) is 0 Å². The molecule has 0 aliphatic carbocycles. The SMILES string of the molecule is CCN(CC)P(I)C(F)(F)F. The van der Waals surface area contributed by atoms with Gasteiger partial charge in [-0.15, -0.1) is 0 Å². The van der Waals surface area contributed by atoms with Gasteiger partial charge in [-0.1, -0.05) is 13.8 Å². The summed E-state index contributed by atoms with van der Waals surface area (Å²) in [6.07, 6.45) is 0. The van der Waals surface area contributed by atoms with Gasteiger partial charge in [-0.2, -0.15) is 13.2 Å². The monoisotopic (exact) mass is 299 g/mol. The van der Waals surface area contributed by atoms with Crippen LogP contribution < -0.4 is 0 Å². The first-order valence-electron chi connectivity index (χ1n) is 3.21. The van der Waals surface area contributed by atoms with Crippen LogP contribution in [-0.2, 0) is 0 Å². The molecule has 0 spiro atoms. The maximum absolute atomic E-state index is 12.1. The molecule has 0 saturated heterocycles. The van der Waals surface area contributed by atoms with E-state index in [0.717, 1.165) is 0 Å². The first kappa shape index (κ1) is 11.9. The van der Waals surface area contributed by atoms with Crippen LogP contribution in [-0.4, -0.2) is 23.7 Å². The van der Waals surface area contributed by atoms with Gasteiger partial charge in [0.25, 0.3) is 0 Å². The molecule has 0 saturated carbocycles. The fraction of sp³-hybridized carbons (Fsp3) is 1.00. The fourth-order valence-corrected chi connectivity index (χ4v) is 3.28. The Morgan fingerprint density at radius 1 is 1.27 bits per heavy atom. The summed E-state index contributed by atoms with van der Waals surface area (Å²) in [5.41, 5.74) is -1.98. The summed E-state index contributed by atoms with van der Waals surface area (Å²) in [5.74, 6) is -4.04. The van der Waals surface area contributed by atoms with Crippen LogP contribution >= 0.6 is 27.8 Å². The topological polar surface area (TPSA) is 3.24 Å². The molecule has 1 unspecified atom stereocenters. The molecular formula is C5H10F3INP. The summed E-state index contributed by atoms with van der Waals surface area (Å²) in [7, 11) is 0. The van der Waals surface area contributed by atoms with Gasteiger partial charge >= 0.3 is 5.92 Å². The predicted octanol–water partition coefficient (Wildman–Crippen LogP) is 3.59. The lowest BCUT2D eigenvalue weighted by atomic mass is 10.7. The lowest BCUT2D eigenvalue weighted by Crippen LogP contribution is -2.21. The van der Waals surface area contributed by atoms with Gasteiger partial charge < -0.3 is 0 Å². The smallest absolute Gasteiger partial charge is 0.267 e. The molecule has 0 amide bonds. The molecule has 1 nitrogen and oxygen atoms in total. The number of alkyl halides is 3. The van der Waals surface area contributed by atoms with Gasteiger partial charge in [0.1, 0.15) is 5.71 Å².